The number of carbonyl (C=O) groups is 1. The van der Waals surface area contributed by atoms with E-state index in [1.807, 2.05) is 30.3 Å². The minimum atomic E-state index is -3.59. The summed E-state index contributed by atoms with van der Waals surface area (Å²) < 4.78 is 27.3. The van der Waals surface area contributed by atoms with Crippen LogP contribution in [0, 0.1) is 0 Å². The number of aromatic nitrogens is 4. The van der Waals surface area contributed by atoms with Gasteiger partial charge in [0, 0.05) is 31.7 Å². The van der Waals surface area contributed by atoms with Crippen LogP contribution in [0.15, 0.2) is 46.7 Å². The lowest BCUT2D eigenvalue weighted by Crippen LogP contribution is -2.51. The Kier molecular flexibility index (Phi) is 5.63. The Morgan fingerprint density at radius 1 is 1.07 bits per heavy atom. The van der Waals surface area contributed by atoms with Crippen LogP contribution in [-0.2, 0) is 21.4 Å². The van der Waals surface area contributed by atoms with E-state index in [-0.39, 0.29) is 29.8 Å². The number of sulfonamides is 1. The molecule has 0 aliphatic carbocycles. The summed E-state index contributed by atoms with van der Waals surface area (Å²) in [7, 11) is -3.59. The average molecular weight is 453 g/mol. The number of thiophene rings is 1. The van der Waals surface area contributed by atoms with Crippen molar-refractivity contribution >= 4 is 38.9 Å². The molecule has 0 unspecified atom stereocenters. The minimum absolute atomic E-state index is 0.0485. The lowest BCUT2D eigenvalue weighted by molar-refractivity contribution is -0.133. The number of hydrogen-bond acceptors (Lipinski definition) is 7. The maximum Gasteiger partial charge on any atom is 0.252 e. The second-order valence-electron chi connectivity index (χ2n) is 6.35. The summed E-state index contributed by atoms with van der Waals surface area (Å²) in [5.41, 5.74) is 0.818. The van der Waals surface area contributed by atoms with Gasteiger partial charge in [0.25, 0.3) is 10.0 Å². The monoisotopic (exact) mass is 452 g/mol. The maximum atomic E-state index is 12.6. The van der Waals surface area contributed by atoms with E-state index >= 15 is 0 Å². The van der Waals surface area contributed by atoms with Crippen LogP contribution in [0.3, 0.4) is 0 Å². The quantitative estimate of drug-likeness (QED) is 0.582. The molecule has 0 saturated carbocycles. The zero-order chi connectivity index (χ0) is 20.4. The first kappa shape index (κ1) is 20.0. The fourth-order valence-electron chi connectivity index (χ4n) is 2.98. The van der Waals surface area contributed by atoms with Gasteiger partial charge in [0.15, 0.2) is 0 Å². The van der Waals surface area contributed by atoms with Crippen molar-refractivity contribution in [2.24, 2.45) is 0 Å². The molecule has 0 N–H and O–H groups in total. The van der Waals surface area contributed by atoms with Crippen molar-refractivity contribution in [3.8, 4) is 11.4 Å². The summed E-state index contributed by atoms with van der Waals surface area (Å²) in [5.74, 6) is 0.266. The van der Waals surface area contributed by atoms with Crippen molar-refractivity contribution in [1.29, 1.82) is 0 Å². The lowest BCUT2D eigenvalue weighted by atomic mass is 10.2. The summed E-state index contributed by atoms with van der Waals surface area (Å²) in [6, 6.07) is 12.4. The number of tetrazole rings is 1. The van der Waals surface area contributed by atoms with Gasteiger partial charge >= 0.3 is 0 Å². The molecule has 1 aliphatic heterocycles. The third-order valence-corrected chi connectivity index (χ3v) is 8.09. The molecule has 152 valence electrons. The Bertz CT molecular complexity index is 1110. The van der Waals surface area contributed by atoms with Gasteiger partial charge < -0.3 is 4.90 Å². The topological polar surface area (TPSA) is 101 Å². The van der Waals surface area contributed by atoms with Crippen LogP contribution in [0.4, 0.5) is 0 Å². The lowest BCUT2D eigenvalue weighted by Gasteiger charge is -2.33. The Balaban J connectivity index is 1.35. The largest absolute Gasteiger partial charge is 0.338 e. The predicted octanol–water partition coefficient (Wildman–Crippen LogP) is 1.59. The van der Waals surface area contributed by atoms with Crippen LogP contribution in [0.5, 0.6) is 0 Å². The summed E-state index contributed by atoms with van der Waals surface area (Å²) in [5, 5.41) is 12.2. The number of piperazine rings is 1. The number of carbonyl (C=O) groups excluding carboxylic acids is 1. The zero-order valence-corrected chi connectivity index (χ0v) is 17.6. The Morgan fingerprint density at radius 3 is 2.45 bits per heavy atom. The summed E-state index contributed by atoms with van der Waals surface area (Å²) in [6.45, 7) is 1.01. The second-order valence-corrected chi connectivity index (χ2v) is 10.2. The summed E-state index contributed by atoms with van der Waals surface area (Å²) in [6.07, 6.45) is 0. The Hall–Kier alpha value is -2.34. The highest BCUT2D eigenvalue weighted by molar-refractivity contribution is 7.91. The number of rotatable bonds is 5. The highest BCUT2D eigenvalue weighted by Crippen LogP contribution is 2.28. The molecule has 12 heteroatoms. The Labute approximate surface area is 176 Å². The first-order valence-electron chi connectivity index (χ1n) is 8.80. The normalized spacial score (nSPS) is 15.6. The fourth-order valence-corrected chi connectivity index (χ4v) is 6.03. The van der Waals surface area contributed by atoms with Crippen LogP contribution in [0.1, 0.15) is 0 Å². The molecule has 1 fully saturated rings. The highest BCUT2D eigenvalue weighted by Gasteiger charge is 2.31. The first-order valence-corrected chi connectivity index (χ1v) is 11.4. The van der Waals surface area contributed by atoms with Crippen molar-refractivity contribution in [2.45, 2.75) is 10.8 Å². The van der Waals surface area contributed by atoms with Gasteiger partial charge in [-0.3, -0.25) is 4.79 Å². The molecule has 1 aliphatic rings. The standard InChI is InChI=1S/C17H17ClN6O3S2/c18-14-6-7-16(28-14)29(26,27)23-10-8-22(9-11-23)15(25)12-24-20-17(19-21-24)13-4-2-1-3-5-13/h1-7H,8-12H2. The van der Waals surface area contributed by atoms with Crippen molar-refractivity contribution in [3.63, 3.8) is 0 Å². The molecule has 3 aromatic rings. The fraction of sp³-hybridized carbons (Fsp3) is 0.294. The van der Waals surface area contributed by atoms with E-state index in [0.717, 1.165) is 16.9 Å². The molecule has 0 atom stereocenters. The van der Waals surface area contributed by atoms with Crippen molar-refractivity contribution < 1.29 is 13.2 Å². The van der Waals surface area contributed by atoms with E-state index in [1.165, 1.54) is 15.2 Å². The van der Waals surface area contributed by atoms with Crippen LogP contribution in [0.2, 0.25) is 4.34 Å². The molecule has 1 saturated heterocycles. The van der Waals surface area contributed by atoms with E-state index in [4.69, 9.17) is 11.6 Å². The molecular weight excluding hydrogens is 436 g/mol. The van der Waals surface area contributed by atoms with E-state index in [0.29, 0.717) is 23.3 Å². The number of nitrogens with zero attached hydrogens (tertiary/aromatic N) is 6. The van der Waals surface area contributed by atoms with Gasteiger partial charge in [0.1, 0.15) is 10.8 Å². The Morgan fingerprint density at radius 2 is 1.79 bits per heavy atom. The minimum Gasteiger partial charge on any atom is -0.338 e. The molecule has 1 aromatic carbocycles. The molecular formula is C17H17ClN6O3S2. The van der Waals surface area contributed by atoms with Crippen LogP contribution >= 0.6 is 22.9 Å². The molecule has 0 spiro atoms. The van der Waals surface area contributed by atoms with Crippen molar-refractivity contribution in [1.82, 2.24) is 29.4 Å². The third-order valence-electron chi connectivity index (χ3n) is 4.50. The second kappa shape index (κ2) is 8.19. The number of amides is 1. The van der Waals surface area contributed by atoms with Gasteiger partial charge in [0.05, 0.1) is 4.34 Å². The van der Waals surface area contributed by atoms with Crippen LogP contribution in [-0.4, -0.2) is 69.9 Å². The molecule has 4 rings (SSSR count). The third kappa shape index (κ3) is 4.32. The predicted molar refractivity (Wildman–Crippen MR) is 108 cm³/mol. The maximum absolute atomic E-state index is 12.6. The van der Waals surface area contributed by atoms with Crippen LogP contribution < -0.4 is 0 Å². The van der Waals surface area contributed by atoms with Crippen LogP contribution in [0.25, 0.3) is 11.4 Å². The zero-order valence-electron chi connectivity index (χ0n) is 15.2. The molecule has 0 radical (unpaired) electrons. The summed E-state index contributed by atoms with van der Waals surface area (Å²) >= 11 is 6.88. The average Bonchev–Trinajstić information content (AvgIpc) is 3.38. The molecule has 3 heterocycles. The molecule has 2 aromatic heterocycles. The molecule has 9 nitrogen and oxygen atoms in total. The van der Waals surface area contributed by atoms with E-state index in [1.54, 1.807) is 11.0 Å². The smallest absolute Gasteiger partial charge is 0.252 e. The highest BCUT2D eigenvalue weighted by atomic mass is 35.5. The van der Waals surface area contributed by atoms with Crippen molar-refractivity contribution in [3.05, 3.63) is 46.8 Å². The van der Waals surface area contributed by atoms with Gasteiger partial charge in [-0.1, -0.05) is 41.9 Å². The molecule has 1 amide bonds. The first-order chi connectivity index (χ1) is 13.9. The van der Waals surface area contributed by atoms with Gasteiger partial charge in [-0.2, -0.15) is 9.10 Å². The van der Waals surface area contributed by atoms with Gasteiger partial charge in [-0.15, -0.1) is 21.5 Å². The van der Waals surface area contributed by atoms with E-state index in [2.05, 4.69) is 15.4 Å². The molecule has 0 bridgehead atoms. The number of halogens is 1. The van der Waals surface area contributed by atoms with Gasteiger partial charge in [-0.25, -0.2) is 8.42 Å². The van der Waals surface area contributed by atoms with E-state index in [9.17, 15) is 13.2 Å². The van der Waals surface area contributed by atoms with E-state index < -0.39 is 10.0 Å². The SMILES string of the molecule is O=C(Cn1nnc(-c2ccccc2)n1)N1CCN(S(=O)(=O)c2ccc(Cl)s2)CC1. The number of hydrogen-bond donors (Lipinski definition) is 0. The van der Waals surface area contributed by atoms with Crippen molar-refractivity contribution in [2.75, 3.05) is 26.2 Å². The van der Waals surface area contributed by atoms with Gasteiger partial charge in [0.2, 0.25) is 11.7 Å². The molecule has 29 heavy (non-hydrogen) atoms. The van der Waals surface area contributed by atoms with Gasteiger partial charge in [-0.05, 0) is 17.3 Å². The number of benzene rings is 1. The summed E-state index contributed by atoms with van der Waals surface area (Å²) in [4.78, 5) is 15.4.